The van der Waals surface area contributed by atoms with Gasteiger partial charge in [0.25, 0.3) is 0 Å². The fraction of sp³-hybridized carbons (Fsp3) is 0.214. The highest BCUT2D eigenvalue weighted by Crippen LogP contribution is 2.22. The van der Waals surface area contributed by atoms with Crippen LogP contribution in [0, 0.1) is 6.92 Å². The van der Waals surface area contributed by atoms with Gasteiger partial charge in [0.2, 0.25) is 5.91 Å². The van der Waals surface area contributed by atoms with Crippen molar-refractivity contribution < 1.29 is 24.6 Å². The Morgan fingerprint density at radius 2 is 2.13 bits per heavy atom. The molecule has 3 N–H and O–H groups in total. The van der Waals surface area contributed by atoms with E-state index in [2.05, 4.69) is 15.5 Å². The second-order valence-electron chi connectivity index (χ2n) is 4.72. The van der Waals surface area contributed by atoms with Gasteiger partial charge >= 0.3 is 11.9 Å². The minimum absolute atomic E-state index is 0.173. The van der Waals surface area contributed by atoms with Gasteiger partial charge in [0, 0.05) is 0 Å². The van der Waals surface area contributed by atoms with Crippen LogP contribution < -0.4 is 5.32 Å². The zero-order chi connectivity index (χ0) is 17.0. The molecule has 1 amide bonds. The molecule has 0 aliphatic carbocycles. The average Bonchev–Trinajstić information content (AvgIpc) is 2.80. The van der Waals surface area contributed by atoms with E-state index in [-0.39, 0.29) is 17.2 Å². The Kier molecular flexibility index (Phi) is 5.12. The smallest absolute Gasteiger partial charge is 0.335 e. The van der Waals surface area contributed by atoms with Gasteiger partial charge in [-0.3, -0.25) is 9.59 Å². The second-order valence-corrected chi connectivity index (χ2v) is 5.91. The largest absolute Gasteiger partial charge is 0.481 e. The highest BCUT2D eigenvalue weighted by molar-refractivity contribution is 8.15. The molecule has 23 heavy (non-hydrogen) atoms. The molecule has 8 nitrogen and oxygen atoms in total. The Bertz CT molecular complexity index is 729. The summed E-state index contributed by atoms with van der Waals surface area (Å²) in [4.78, 5) is 33.2. The van der Waals surface area contributed by atoms with Crippen LogP contribution in [-0.2, 0) is 9.59 Å². The summed E-state index contributed by atoms with van der Waals surface area (Å²) < 4.78 is 0. The number of carbonyl (C=O) groups excluding carboxylic acids is 1. The summed E-state index contributed by atoms with van der Waals surface area (Å²) in [6.07, 6.45) is 1.06. The number of thioether (sulfide) groups is 1. The van der Waals surface area contributed by atoms with E-state index in [0.29, 0.717) is 11.1 Å². The molecular weight excluding hydrogens is 322 g/mol. The van der Waals surface area contributed by atoms with Crippen LogP contribution in [0.4, 0.5) is 0 Å². The van der Waals surface area contributed by atoms with Gasteiger partial charge in [0.15, 0.2) is 5.17 Å². The molecule has 0 radical (unpaired) electrons. The molecule has 1 aliphatic heterocycles. The summed E-state index contributed by atoms with van der Waals surface area (Å²) in [7, 11) is 0. The van der Waals surface area contributed by atoms with Gasteiger partial charge in [-0.1, -0.05) is 23.9 Å². The molecule has 0 spiro atoms. The molecule has 1 aromatic rings. The van der Waals surface area contributed by atoms with E-state index in [1.165, 1.54) is 12.3 Å². The lowest BCUT2D eigenvalue weighted by Gasteiger charge is -2.01. The number of hydrogen-bond acceptors (Lipinski definition) is 6. The molecule has 0 saturated carbocycles. The Morgan fingerprint density at radius 1 is 1.39 bits per heavy atom. The predicted molar refractivity (Wildman–Crippen MR) is 84.9 cm³/mol. The normalized spacial score (nSPS) is 19.3. The zero-order valence-electron chi connectivity index (χ0n) is 12.0. The maximum atomic E-state index is 11.5. The van der Waals surface area contributed by atoms with Gasteiger partial charge in [-0.25, -0.2) is 4.79 Å². The van der Waals surface area contributed by atoms with Crippen molar-refractivity contribution in [3.63, 3.8) is 0 Å². The third-order valence-corrected chi connectivity index (χ3v) is 4.06. The summed E-state index contributed by atoms with van der Waals surface area (Å²) in [5.41, 5.74) is 1.36. The third kappa shape index (κ3) is 4.39. The molecule has 9 heteroatoms. The summed E-state index contributed by atoms with van der Waals surface area (Å²) in [6.45, 7) is 1.69. The summed E-state index contributed by atoms with van der Waals surface area (Å²) in [5.74, 6) is -2.52. The Hall–Kier alpha value is -2.68. The molecule has 1 aromatic carbocycles. The number of nitrogens with one attached hydrogen (secondary N) is 1. The van der Waals surface area contributed by atoms with Gasteiger partial charge in [-0.15, -0.1) is 5.10 Å². The van der Waals surface area contributed by atoms with Crippen LogP contribution in [0.3, 0.4) is 0 Å². The first kappa shape index (κ1) is 16.7. The van der Waals surface area contributed by atoms with Crippen LogP contribution in [-0.4, -0.2) is 44.7 Å². The fourth-order valence-electron chi connectivity index (χ4n) is 1.84. The Labute approximate surface area is 135 Å². The van der Waals surface area contributed by atoms with Crippen LogP contribution >= 0.6 is 11.8 Å². The number of aryl methyl sites for hydroxylation is 1. The number of nitrogens with zero attached hydrogens (tertiary/aromatic N) is 2. The molecule has 1 saturated heterocycles. The lowest BCUT2D eigenvalue weighted by atomic mass is 10.1. The van der Waals surface area contributed by atoms with E-state index in [4.69, 9.17) is 10.2 Å². The number of rotatable bonds is 5. The fourth-order valence-corrected chi connectivity index (χ4v) is 2.76. The minimum Gasteiger partial charge on any atom is -0.481 e. The summed E-state index contributed by atoms with van der Waals surface area (Å²) in [6, 6.07) is 4.82. The van der Waals surface area contributed by atoms with Gasteiger partial charge < -0.3 is 15.5 Å². The molecular formula is C14H13N3O5S. The first-order chi connectivity index (χ1) is 10.9. The van der Waals surface area contributed by atoms with Crippen molar-refractivity contribution in [2.24, 2.45) is 10.2 Å². The van der Waals surface area contributed by atoms with Crippen molar-refractivity contribution in [2.75, 3.05) is 0 Å². The van der Waals surface area contributed by atoms with Gasteiger partial charge in [0.1, 0.15) is 5.25 Å². The molecule has 2 rings (SSSR count). The number of carboxylic acids is 2. The van der Waals surface area contributed by atoms with Crippen molar-refractivity contribution in [2.45, 2.75) is 18.6 Å². The molecule has 1 aliphatic rings. The lowest BCUT2D eigenvalue weighted by molar-refractivity contribution is -0.138. The van der Waals surface area contributed by atoms with Crippen LogP contribution in [0.1, 0.15) is 27.9 Å². The highest BCUT2D eigenvalue weighted by Gasteiger charge is 2.32. The maximum Gasteiger partial charge on any atom is 0.335 e. The first-order valence-electron chi connectivity index (χ1n) is 6.51. The molecule has 1 atom stereocenters. The zero-order valence-corrected chi connectivity index (χ0v) is 12.8. The first-order valence-corrected chi connectivity index (χ1v) is 7.39. The summed E-state index contributed by atoms with van der Waals surface area (Å²) in [5, 5.41) is 27.2. The number of carboxylic acid groups (broad SMARTS) is 2. The highest BCUT2D eigenvalue weighted by atomic mass is 32.2. The van der Waals surface area contributed by atoms with E-state index in [9.17, 15) is 14.4 Å². The SMILES string of the molecule is Cc1ccc(C=NN=C2NC(=O)C(CC(=O)O)S2)cc1C(=O)O. The van der Waals surface area contributed by atoms with Crippen LogP contribution in [0.15, 0.2) is 28.4 Å². The van der Waals surface area contributed by atoms with E-state index in [1.807, 2.05) is 0 Å². The van der Waals surface area contributed by atoms with E-state index in [1.54, 1.807) is 19.1 Å². The second kappa shape index (κ2) is 7.05. The third-order valence-electron chi connectivity index (χ3n) is 2.98. The van der Waals surface area contributed by atoms with E-state index >= 15 is 0 Å². The number of aromatic carboxylic acids is 1. The van der Waals surface area contributed by atoms with Crippen molar-refractivity contribution in [3.8, 4) is 0 Å². The predicted octanol–water partition coefficient (Wildman–Crippen LogP) is 1.09. The van der Waals surface area contributed by atoms with E-state index < -0.39 is 23.1 Å². The molecule has 1 heterocycles. The van der Waals surface area contributed by atoms with Gasteiger partial charge in [0.05, 0.1) is 18.2 Å². The number of amidine groups is 1. The Morgan fingerprint density at radius 3 is 2.78 bits per heavy atom. The Balaban J connectivity index is 2.07. The van der Waals surface area contributed by atoms with Crippen LogP contribution in [0.2, 0.25) is 0 Å². The minimum atomic E-state index is -1.07. The number of benzene rings is 1. The standard InChI is InChI=1S/C14H13N3O5S/c1-7-2-3-8(4-9(7)13(21)22)6-15-17-14-16-12(20)10(23-14)5-11(18)19/h2-4,6,10H,5H2,1H3,(H,18,19)(H,21,22)(H,16,17,20). The van der Waals surface area contributed by atoms with Gasteiger partial charge in [-0.05, 0) is 24.1 Å². The molecule has 0 aromatic heterocycles. The molecule has 1 fully saturated rings. The molecule has 120 valence electrons. The van der Waals surface area contributed by atoms with Gasteiger partial charge in [-0.2, -0.15) is 5.10 Å². The average molecular weight is 335 g/mol. The van der Waals surface area contributed by atoms with Crippen molar-refractivity contribution in [1.29, 1.82) is 0 Å². The van der Waals surface area contributed by atoms with Crippen LogP contribution in [0.25, 0.3) is 0 Å². The quantitative estimate of drug-likeness (QED) is 0.546. The van der Waals surface area contributed by atoms with Crippen molar-refractivity contribution in [3.05, 3.63) is 34.9 Å². The number of carbonyl (C=O) groups is 3. The van der Waals surface area contributed by atoms with Crippen LogP contribution in [0.5, 0.6) is 0 Å². The molecule has 1 unspecified atom stereocenters. The summed E-state index contributed by atoms with van der Waals surface area (Å²) >= 11 is 0.993. The molecule has 0 bridgehead atoms. The maximum absolute atomic E-state index is 11.5. The lowest BCUT2D eigenvalue weighted by Crippen LogP contribution is -2.26. The van der Waals surface area contributed by atoms with Crippen molar-refractivity contribution in [1.82, 2.24) is 5.32 Å². The number of aliphatic carboxylic acids is 1. The topological polar surface area (TPSA) is 128 Å². The van der Waals surface area contributed by atoms with E-state index in [0.717, 1.165) is 11.8 Å². The number of amides is 1. The number of hydrogen-bond donors (Lipinski definition) is 3. The monoisotopic (exact) mass is 335 g/mol. The van der Waals surface area contributed by atoms with Crippen molar-refractivity contribution >= 4 is 41.0 Å².